The van der Waals surface area contributed by atoms with Crippen LogP contribution in [0.15, 0.2) is 24.3 Å². The highest BCUT2D eigenvalue weighted by Gasteiger charge is 2.12. The van der Waals surface area contributed by atoms with E-state index in [4.69, 9.17) is 18.0 Å². The van der Waals surface area contributed by atoms with Crippen LogP contribution in [0.5, 0.6) is 0 Å². The van der Waals surface area contributed by atoms with E-state index in [1.54, 1.807) is 36.0 Å². The van der Waals surface area contributed by atoms with E-state index >= 15 is 0 Å². The fraction of sp³-hybridized carbons (Fsp3) is 0.429. The molecule has 3 N–H and O–H groups in total. The van der Waals surface area contributed by atoms with Crippen LogP contribution in [-0.2, 0) is 4.79 Å². The first-order valence-corrected chi connectivity index (χ1v) is 8.13. The van der Waals surface area contributed by atoms with Crippen molar-refractivity contribution in [2.45, 2.75) is 13.0 Å². The molecule has 110 valence electrons. The van der Waals surface area contributed by atoms with Gasteiger partial charge in [0.05, 0.1) is 6.54 Å². The quantitative estimate of drug-likeness (QED) is 0.754. The highest BCUT2D eigenvalue weighted by Crippen LogP contribution is 2.10. The molecule has 1 rings (SSSR count). The molecule has 0 aliphatic heterocycles. The molecule has 20 heavy (non-hydrogen) atoms. The Bertz CT molecular complexity index is 462. The molecule has 0 aromatic heterocycles. The lowest BCUT2D eigenvalue weighted by Crippen LogP contribution is -2.37. The number of amides is 1. The smallest absolute Gasteiger partial charge is 0.238 e. The second-order valence-corrected chi connectivity index (χ2v) is 6.06. The lowest BCUT2D eigenvalue weighted by atomic mass is 10.2. The summed E-state index contributed by atoms with van der Waals surface area (Å²) in [5.41, 5.74) is 7.07. The lowest BCUT2D eigenvalue weighted by Gasteiger charge is -2.23. The van der Waals surface area contributed by atoms with Gasteiger partial charge in [0.15, 0.2) is 0 Å². The van der Waals surface area contributed by atoms with E-state index in [9.17, 15) is 4.79 Å². The molecule has 6 heteroatoms. The van der Waals surface area contributed by atoms with Crippen LogP contribution >= 0.6 is 24.0 Å². The third-order valence-corrected chi connectivity index (χ3v) is 4.06. The van der Waals surface area contributed by atoms with Crippen LogP contribution in [0.4, 0.5) is 5.69 Å². The third-order valence-electron chi connectivity index (χ3n) is 3.01. The first-order chi connectivity index (χ1) is 9.43. The van der Waals surface area contributed by atoms with Crippen molar-refractivity contribution in [1.82, 2.24) is 4.90 Å². The number of hydrogen-bond acceptors (Lipinski definition) is 4. The third kappa shape index (κ3) is 5.48. The van der Waals surface area contributed by atoms with Crippen molar-refractivity contribution < 1.29 is 4.79 Å². The monoisotopic (exact) mass is 311 g/mol. The number of thiocarbonyl (C=S) groups is 1. The summed E-state index contributed by atoms with van der Waals surface area (Å²) >= 11 is 6.66. The van der Waals surface area contributed by atoms with Crippen molar-refractivity contribution in [3.63, 3.8) is 0 Å². The molecule has 1 unspecified atom stereocenters. The van der Waals surface area contributed by atoms with Gasteiger partial charge in [0.25, 0.3) is 0 Å². The number of thioether (sulfide) groups is 1. The number of nitrogens with zero attached hydrogens (tertiary/aromatic N) is 1. The minimum Gasteiger partial charge on any atom is -0.389 e. The number of nitrogens with two attached hydrogens (primary N) is 1. The average molecular weight is 311 g/mol. The Labute approximate surface area is 130 Å². The van der Waals surface area contributed by atoms with E-state index in [2.05, 4.69) is 18.5 Å². The maximum atomic E-state index is 11.9. The second kappa shape index (κ2) is 8.24. The number of likely N-dealkylation sites (N-methyl/N-ethyl adjacent to an activating group) is 1. The summed E-state index contributed by atoms with van der Waals surface area (Å²) in [5.74, 6) is 0.982. The van der Waals surface area contributed by atoms with E-state index in [-0.39, 0.29) is 5.91 Å². The van der Waals surface area contributed by atoms with Crippen LogP contribution in [0.1, 0.15) is 12.5 Å². The fourth-order valence-corrected chi connectivity index (χ4v) is 2.54. The van der Waals surface area contributed by atoms with Crippen LogP contribution < -0.4 is 11.1 Å². The molecule has 4 nitrogen and oxygen atoms in total. The largest absolute Gasteiger partial charge is 0.389 e. The minimum atomic E-state index is -0.0245. The Hall–Kier alpha value is -1.11. The summed E-state index contributed by atoms with van der Waals surface area (Å²) in [6.07, 6.45) is 2.06. The minimum absolute atomic E-state index is 0.0245. The number of hydrogen-bond donors (Lipinski definition) is 2. The number of carbonyl (C=O) groups excluding carboxylic acids is 1. The highest BCUT2D eigenvalue weighted by atomic mass is 32.2. The molecule has 0 fully saturated rings. The number of carbonyl (C=O) groups is 1. The van der Waals surface area contributed by atoms with E-state index in [0.29, 0.717) is 17.6 Å². The summed E-state index contributed by atoms with van der Waals surface area (Å²) in [6.45, 7) is 2.49. The summed E-state index contributed by atoms with van der Waals surface area (Å²) in [4.78, 5) is 14.3. The molecule has 1 amide bonds. The zero-order chi connectivity index (χ0) is 15.1. The zero-order valence-corrected chi connectivity index (χ0v) is 13.7. The maximum absolute atomic E-state index is 11.9. The van der Waals surface area contributed by atoms with Gasteiger partial charge in [-0.1, -0.05) is 12.2 Å². The van der Waals surface area contributed by atoms with E-state index in [0.717, 1.165) is 17.0 Å². The Kier molecular flexibility index (Phi) is 6.98. The molecule has 1 atom stereocenters. The Morgan fingerprint density at radius 3 is 2.55 bits per heavy atom. The normalized spacial score (nSPS) is 12.2. The molecule has 0 aliphatic carbocycles. The number of nitrogens with one attached hydrogen (secondary N) is 1. The van der Waals surface area contributed by atoms with Gasteiger partial charge in [-0.3, -0.25) is 9.69 Å². The summed E-state index contributed by atoms with van der Waals surface area (Å²) in [5, 5.41) is 2.86. The van der Waals surface area contributed by atoms with Crippen molar-refractivity contribution in [3.05, 3.63) is 29.8 Å². The topological polar surface area (TPSA) is 58.4 Å². The average Bonchev–Trinajstić information content (AvgIpc) is 2.39. The predicted octanol–water partition coefficient (Wildman–Crippen LogP) is 1.94. The first kappa shape index (κ1) is 16.9. The Morgan fingerprint density at radius 2 is 2.05 bits per heavy atom. The molecule has 0 spiro atoms. The zero-order valence-electron chi connectivity index (χ0n) is 12.1. The molecule has 0 saturated heterocycles. The lowest BCUT2D eigenvalue weighted by molar-refractivity contribution is -0.117. The number of rotatable bonds is 7. The van der Waals surface area contributed by atoms with E-state index < -0.39 is 0 Å². The van der Waals surface area contributed by atoms with Gasteiger partial charge in [-0.25, -0.2) is 0 Å². The molecule has 0 heterocycles. The standard InChI is InChI=1S/C14H21N3OS2/c1-10(9-20-3)17(2)8-13(18)16-12-6-4-11(5-7-12)14(15)19/h4-7,10H,8-9H2,1-3H3,(H2,15,19)(H,16,18). The van der Waals surface area contributed by atoms with Crippen molar-refractivity contribution in [1.29, 1.82) is 0 Å². The second-order valence-electron chi connectivity index (χ2n) is 4.71. The molecule has 0 radical (unpaired) electrons. The van der Waals surface area contributed by atoms with Crippen LogP contribution in [0.3, 0.4) is 0 Å². The number of anilines is 1. The van der Waals surface area contributed by atoms with Crippen molar-refractivity contribution in [2.24, 2.45) is 5.73 Å². The highest BCUT2D eigenvalue weighted by molar-refractivity contribution is 7.98. The predicted molar refractivity (Wildman–Crippen MR) is 91.4 cm³/mol. The SMILES string of the molecule is CSCC(C)N(C)CC(=O)Nc1ccc(C(N)=S)cc1. The van der Waals surface area contributed by atoms with Crippen LogP contribution in [0.2, 0.25) is 0 Å². The summed E-state index contributed by atoms with van der Waals surface area (Å²) < 4.78 is 0. The molecular formula is C14H21N3OS2. The summed E-state index contributed by atoms with van der Waals surface area (Å²) in [6, 6.07) is 7.58. The van der Waals surface area contributed by atoms with Crippen LogP contribution in [0.25, 0.3) is 0 Å². The molecular weight excluding hydrogens is 290 g/mol. The van der Waals surface area contributed by atoms with E-state index in [1.165, 1.54) is 0 Å². The number of benzene rings is 1. The molecule has 1 aromatic carbocycles. The van der Waals surface area contributed by atoms with Gasteiger partial charge in [0.1, 0.15) is 4.99 Å². The van der Waals surface area contributed by atoms with Gasteiger partial charge in [0.2, 0.25) is 5.91 Å². The van der Waals surface area contributed by atoms with Gasteiger partial charge in [-0.05, 0) is 44.5 Å². The van der Waals surface area contributed by atoms with Gasteiger partial charge in [-0.15, -0.1) is 0 Å². The van der Waals surface area contributed by atoms with Crippen molar-refractivity contribution in [3.8, 4) is 0 Å². The molecule has 0 saturated carbocycles. The van der Waals surface area contributed by atoms with Gasteiger partial charge >= 0.3 is 0 Å². The fourth-order valence-electron chi connectivity index (χ4n) is 1.67. The molecule has 0 bridgehead atoms. The van der Waals surface area contributed by atoms with Crippen LogP contribution in [-0.4, -0.2) is 47.4 Å². The molecule has 1 aromatic rings. The van der Waals surface area contributed by atoms with Gasteiger partial charge < -0.3 is 11.1 Å². The summed E-state index contributed by atoms with van der Waals surface area (Å²) in [7, 11) is 1.95. The van der Waals surface area contributed by atoms with Crippen molar-refractivity contribution >= 4 is 40.6 Å². The Morgan fingerprint density at radius 1 is 1.45 bits per heavy atom. The van der Waals surface area contributed by atoms with Gasteiger partial charge in [0, 0.05) is 23.0 Å². The Balaban J connectivity index is 2.51. The maximum Gasteiger partial charge on any atom is 0.238 e. The van der Waals surface area contributed by atoms with Crippen LogP contribution in [0, 0.1) is 0 Å². The van der Waals surface area contributed by atoms with Crippen molar-refractivity contribution in [2.75, 3.05) is 30.9 Å². The first-order valence-electron chi connectivity index (χ1n) is 6.33. The molecule has 0 aliphatic rings. The van der Waals surface area contributed by atoms with E-state index in [1.807, 2.05) is 11.9 Å². The van der Waals surface area contributed by atoms with Gasteiger partial charge in [-0.2, -0.15) is 11.8 Å².